The largest absolute Gasteiger partial charge is 0.497 e. The summed E-state index contributed by atoms with van der Waals surface area (Å²) in [6.07, 6.45) is 1.66. The minimum atomic E-state index is -3.90. The number of benzene rings is 2. The van der Waals surface area contributed by atoms with Crippen molar-refractivity contribution in [2.24, 2.45) is 0 Å². The molecule has 0 aliphatic carbocycles. The molecule has 0 saturated carbocycles. The van der Waals surface area contributed by atoms with Gasteiger partial charge in [0.25, 0.3) is 0 Å². The molecule has 3 aromatic rings. The van der Waals surface area contributed by atoms with Gasteiger partial charge in [0.05, 0.1) is 31.8 Å². The molecule has 0 amide bonds. The number of methoxy groups -OCH3 is 2. The second kappa shape index (κ2) is 8.57. The van der Waals surface area contributed by atoms with Crippen LogP contribution in [0.15, 0.2) is 47.4 Å². The van der Waals surface area contributed by atoms with Crippen LogP contribution in [0.3, 0.4) is 0 Å². The van der Waals surface area contributed by atoms with Crippen LogP contribution in [-0.2, 0) is 15.4 Å². The highest BCUT2D eigenvalue weighted by Gasteiger charge is 2.50. The molecule has 0 radical (unpaired) electrons. The van der Waals surface area contributed by atoms with Crippen molar-refractivity contribution in [3.8, 4) is 11.5 Å². The van der Waals surface area contributed by atoms with Gasteiger partial charge >= 0.3 is 0 Å². The lowest BCUT2D eigenvalue weighted by molar-refractivity contribution is 0.105. The van der Waals surface area contributed by atoms with Crippen LogP contribution in [0.2, 0.25) is 0 Å². The summed E-state index contributed by atoms with van der Waals surface area (Å²) in [6.45, 7) is 1.74. The van der Waals surface area contributed by atoms with E-state index in [-0.39, 0.29) is 16.9 Å². The van der Waals surface area contributed by atoms with Crippen molar-refractivity contribution in [2.45, 2.75) is 29.2 Å². The number of H-pyrrole nitrogens is 1. The Labute approximate surface area is 200 Å². The van der Waals surface area contributed by atoms with Crippen LogP contribution in [-0.4, -0.2) is 75.2 Å². The van der Waals surface area contributed by atoms with E-state index >= 15 is 0 Å². The zero-order valence-corrected chi connectivity index (χ0v) is 20.6. The van der Waals surface area contributed by atoms with Crippen LogP contribution >= 0.6 is 0 Å². The highest BCUT2D eigenvalue weighted by atomic mass is 32.2. The molecule has 1 spiro atoms. The predicted octanol–water partition coefficient (Wildman–Crippen LogP) is 2.89. The average molecular weight is 486 g/mol. The first-order chi connectivity index (χ1) is 16.3. The van der Waals surface area contributed by atoms with E-state index in [1.807, 2.05) is 18.2 Å². The first kappa shape index (κ1) is 23.2. The summed E-state index contributed by atoms with van der Waals surface area (Å²) in [5, 5.41) is 11.6. The molecule has 5 rings (SSSR count). The highest BCUT2D eigenvalue weighted by molar-refractivity contribution is 7.89. The van der Waals surface area contributed by atoms with Crippen LogP contribution in [0.5, 0.6) is 11.5 Å². The molecule has 9 heteroatoms. The van der Waals surface area contributed by atoms with Crippen molar-refractivity contribution in [3.05, 3.63) is 53.7 Å². The van der Waals surface area contributed by atoms with Crippen molar-refractivity contribution >= 4 is 20.9 Å². The summed E-state index contributed by atoms with van der Waals surface area (Å²) in [5.74, 6) is 1.20. The Morgan fingerprint density at radius 1 is 1.09 bits per heavy atom. The second-order valence-electron chi connectivity index (χ2n) is 9.34. The molecular weight excluding hydrogens is 454 g/mol. The molecule has 1 saturated heterocycles. The third-order valence-corrected chi connectivity index (χ3v) is 9.32. The molecule has 2 N–H and O–H groups in total. The standard InChI is InChI=1S/C25H31N3O5S/c1-27-11-9-25(10-12-27)16-28(34(30,31)19-6-4-5-17(13-19)32-2)22(15-29)24-23(25)20-8-7-18(33-3)14-21(20)26-24/h4-8,13-14,22,26,29H,9-12,15-16H2,1-3H3/t22-/m0/s1. The molecule has 3 heterocycles. The van der Waals surface area contributed by atoms with Gasteiger partial charge in [-0.25, -0.2) is 8.42 Å². The van der Waals surface area contributed by atoms with Crippen LogP contribution in [0.25, 0.3) is 10.9 Å². The molecule has 34 heavy (non-hydrogen) atoms. The van der Waals surface area contributed by atoms with Crippen LogP contribution in [0.1, 0.15) is 30.1 Å². The lowest BCUT2D eigenvalue weighted by Crippen LogP contribution is -2.54. The predicted molar refractivity (Wildman–Crippen MR) is 130 cm³/mol. The van der Waals surface area contributed by atoms with Gasteiger partial charge in [0.15, 0.2) is 0 Å². The van der Waals surface area contributed by atoms with Gasteiger partial charge in [-0.3, -0.25) is 0 Å². The molecule has 1 atom stereocenters. The van der Waals surface area contributed by atoms with Gasteiger partial charge < -0.3 is 24.5 Å². The van der Waals surface area contributed by atoms with E-state index in [2.05, 4.69) is 16.9 Å². The van der Waals surface area contributed by atoms with Crippen molar-refractivity contribution in [1.29, 1.82) is 0 Å². The molecular formula is C25H31N3O5S. The Morgan fingerprint density at radius 3 is 2.47 bits per heavy atom. The third kappa shape index (κ3) is 3.58. The number of nitrogens with one attached hydrogen (secondary N) is 1. The Hall–Kier alpha value is -2.59. The zero-order chi connectivity index (χ0) is 24.1. The van der Waals surface area contributed by atoms with Crippen LogP contribution in [0, 0.1) is 0 Å². The number of nitrogens with zero attached hydrogens (tertiary/aromatic N) is 2. The first-order valence-corrected chi connectivity index (χ1v) is 12.9. The fourth-order valence-corrected chi connectivity index (χ4v) is 7.27. The summed E-state index contributed by atoms with van der Waals surface area (Å²) in [7, 11) is 1.33. The smallest absolute Gasteiger partial charge is 0.243 e. The maximum Gasteiger partial charge on any atom is 0.243 e. The Balaban J connectivity index is 1.71. The normalized spacial score (nSPS) is 21.0. The van der Waals surface area contributed by atoms with E-state index in [1.165, 1.54) is 17.5 Å². The minimum absolute atomic E-state index is 0.162. The van der Waals surface area contributed by atoms with Crippen molar-refractivity contribution < 1.29 is 23.0 Å². The van der Waals surface area contributed by atoms with E-state index in [4.69, 9.17) is 9.47 Å². The maximum absolute atomic E-state index is 14.0. The number of aliphatic hydroxyl groups is 1. The van der Waals surface area contributed by atoms with Crippen molar-refractivity contribution in [2.75, 3.05) is 47.5 Å². The fraction of sp³-hybridized carbons (Fsp3) is 0.440. The number of hydrogen-bond donors (Lipinski definition) is 2. The average Bonchev–Trinajstić information content (AvgIpc) is 3.25. The molecule has 2 aliphatic rings. The Kier molecular flexibility index (Phi) is 5.84. The van der Waals surface area contributed by atoms with Gasteiger partial charge in [-0.2, -0.15) is 4.31 Å². The summed E-state index contributed by atoms with van der Waals surface area (Å²) in [5.41, 5.74) is 2.44. The number of fused-ring (bicyclic) bond motifs is 4. The highest BCUT2D eigenvalue weighted by Crippen LogP contribution is 2.50. The lowest BCUT2D eigenvalue weighted by Gasteiger charge is -2.49. The molecule has 0 unspecified atom stereocenters. The third-order valence-electron chi connectivity index (χ3n) is 7.47. The molecule has 2 aromatic carbocycles. The van der Waals surface area contributed by atoms with Crippen LogP contribution < -0.4 is 9.47 Å². The van der Waals surface area contributed by atoms with E-state index in [0.717, 1.165) is 53.8 Å². The molecule has 1 fully saturated rings. The van der Waals surface area contributed by atoms with Crippen LogP contribution in [0.4, 0.5) is 0 Å². The quantitative estimate of drug-likeness (QED) is 0.577. The number of aromatic amines is 1. The van der Waals surface area contributed by atoms with Gasteiger partial charge in [-0.05, 0) is 62.8 Å². The van der Waals surface area contributed by atoms with E-state index in [1.54, 1.807) is 25.3 Å². The number of hydrogen-bond acceptors (Lipinski definition) is 6. The maximum atomic E-state index is 14.0. The number of ether oxygens (including phenoxy) is 2. The molecule has 1 aromatic heterocycles. The number of likely N-dealkylation sites (tertiary alicyclic amines) is 1. The number of sulfonamides is 1. The van der Waals surface area contributed by atoms with E-state index in [0.29, 0.717) is 12.3 Å². The summed E-state index contributed by atoms with van der Waals surface area (Å²) in [4.78, 5) is 5.91. The van der Waals surface area contributed by atoms with Gasteiger partial charge in [0.2, 0.25) is 10.0 Å². The van der Waals surface area contributed by atoms with E-state index < -0.39 is 16.1 Å². The number of aliphatic hydroxyl groups excluding tert-OH is 1. The second-order valence-corrected chi connectivity index (χ2v) is 11.2. The fourth-order valence-electron chi connectivity index (χ4n) is 5.56. The minimum Gasteiger partial charge on any atom is -0.497 e. The summed E-state index contributed by atoms with van der Waals surface area (Å²) < 4.78 is 40.1. The monoisotopic (exact) mass is 485 g/mol. The summed E-state index contributed by atoms with van der Waals surface area (Å²) >= 11 is 0. The molecule has 0 bridgehead atoms. The molecule has 2 aliphatic heterocycles. The Bertz CT molecular complexity index is 1310. The SMILES string of the molecule is COc1cccc(S(=O)(=O)N2CC3(CCN(C)CC3)c3c([nH]c4cc(OC)ccc34)[C@@H]2CO)c1. The van der Waals surface area contributed by atoms with Gasteiger partial charge in [0.1, 0.15) is 11.5 Å². The van der Waals surface area contributed by atoms with Gasteiger partial charge in [0, 0.05) is 40.7 Å². The Morgan fingerprint density at radius 2 is 1.79 bits per heavy atom. The zero-order valence-electron chi connectivity index (χ0n) is 19.7. The first-order valence-electron chi connectivity index (χ1n) is 11.5. The molecule has 8 nitrogen and oxygen atoms in total. The molecule has 182 valence electrons. The van der Waals surface area contributed by atoms with Crippen molar-refractivity contribution in [1.82, 2.24) is 14.2 Å². The summed E-state index contributed by atoms with van der Waals surface area (Å²) in [6, 6.07) is 11.7. The lowest BCUT2D eigenvalue weighted by atomic mass is 9.69. The van der Waals surface area contributed by atoms with Gasteiger partial charge in [-0.1, -0.05) is 6.07 Å². The number of piperidine rings is 1. The topological polar surface area (TPSA) is 95.1 Å². The number of rotatable bonds is 5. The van der Waals surface area contributed by atoms with E-state index in [9.17, 15) is 13.5 Å². The number of aromatic nitrogens is 1. The van der Waals surface area contributed by atoms with Gasteiger partial charge in [-0.15, -0.1) is 0 Å². The van der Waals surface area contributed by atoms with Crippen molar-refractivity contribution in [3.63, 3.8) is 0 Å².